The number of unbranched alkanes of at least 4 members (excludes halogenated alkanes) is 1. The van der Waals surface area contributed by atoms with E-state index >= 15 is 0 Å². The fourth-order valence-electron chi connectivity index (χ4n) is 4.96. The van der Waals surface area contributed by atoms with Gasteiger partial charge in [-0.15, -0.1) is 0 Å². The zero-order chi connectivity index (χ0) is 27.5. The van der Waals surface area contributed by atoms with Crippen LogP contribution in [0.4, 0.5) is 0 Å². The number of carbonyl (C=O) groups excluding carboxylic acids is 1. The average molecular weight is 548 g/mol. The molecule has 0 N–H and O–H groups in total. The molecule has 1 aliphatic rings. The Balaban J connectivity index is 1.57. The molecule has 0 spiro atoms. The van der Waals surface area contributed by atoms with Gasteiger partial charge in [0, 0.05) is 11.6 Å². The van der Waals surface area contributed by atoms with Crippen LogP contribution in [-0.2, 0) is 6.42 Å². The molecule has 8 heteroatoms. The molecule has 0 fully saturated rings. The number of hydrogen-bond donors (Lipinski definition) is 0. The molecule has 3 aromatic carbocycles. The first-order chi connectivity index (χ1) is 18.9. The highest BCUT2D eigenvalue weighted by Gasteiger charge is 2.42. The molecule has 0 saturated carbocycles. The van der Waals surface area contributed by atoms with Gasteiger partial charge < -0.3 is 23.5 Å². The molecule has 1 unspecified atom stereocenters. The molecule has 0 saturated heterocycles. The smallest absolute Gasteiger partial charge is 0.290 e. The van der Waals surface area contributed by atoms with Gasteiger partial charge in [0.15, 0.2) is 16.9 Å². The van der Waals surface area contributed by atoms with Crippen molar-refractivity contribution in [3.05, 3.63) is 98.4 Å². The van der Waals surface area contributed by atoms with E-state index in [1.807, 2.05) is 42.5 Å². The van der Waals surface area contributed by atoms with Crippen LogP contribution >= 0.6 is 11.6 Å². The van der Waals surface area contributed by atoms with Crippen molar-refractivity contribution in [3.8, 4) is 17.2 Å². The van der Waals surface area contributed by atoms with E-state index in [-0.39, 0.29) is 17.1 Å². The van der Waals surface area contributed by atoms with E-state index in [1.54, 1.807) is 37.3 Å². The van der Waals surface area contributed by atoms with Gasteiger partial charge in [0.25, 0.3) is 5.91 Å². The number of amides is 1. The lowest BCUT2D eigenvalue weighted by molar-refractivity contribution is 0.0729. The summed E-state index contributed by atoms with van der Waals surface area (Å²) < 4.78 is 22.8. The predicted molar refractivity (Wildman–Crippen MR) is 150 cm³/mol. The lowest BCUT2D eigenvalue weighted by Crippen LogP contribution is -2.31. The van der Waals surface area contributed by atoms with Crippen LogP contribution in [-0.4, -0.2) is 38.2 Å². The van der Waals surface area contributed by atoms with E-state index in [2.05, 4.69) is 6.92 Å². The molecule has 0 radical (unpaired) electrons. The van der Waals surface area contributed by atoms with Crippen LogP contribution in [0.5, 0.6) is 17.2 Å². The highest BCUT2D eigenvalue weighted by Crippen LogP contribution is 2.39. The Morgan fingerprint density at radius 3 is 2.56 bits per heavy atom. The van der Waals surface area contributed by atoms with Gasteiger partial charge in [-0.1, -0.05) is 43.1 Å². The van der Waals surface area contributed by atoms with Gasteiger partial charge in [0.2, 0.25) is 5.76 Å². The predicted octanol–water partition coefficient (Wildman–Crippen LogP) is 6.43. The van der Waals surface area contributed by atoms with Crippen LogP contribution in [0, 0.1) is 0 Å². The van der Waals surface area contributed by atoms with Crippen LogP contribution in [0.2, 0.25) is 5.02 Å². The SMILES string of the molecule is CCCCOc1cccc(C2c3c(oc4ccc(Cl)cc4c3=O)C(=O)N2CCc2ccc(OC)c(OC)c2)c1. The topological polar surface area (TPSA) is 78.2 Å². The summed E-state index contributed by atoms with van der Waals surface area (Å²) in [6, 6.07) is 17.4. The fraction of sp³-hybridized carbons (Fsp3) is 0.290. The lowest BCUT2D eigenvalue weighted by Gasteiger charge is -2.25. The summed E-state index contributed by atoms with van der Waals surface area (Å²) >= 11 is 6.20. The fourth-order valence-corrected chi connectivity index (χ4v) is 5.14. The molecule has 5 rings (SSSR count). The minimum Gasteiger partial charge on any atom is -0.494 e. The van der Waals surface area contributed by atoms with Crippen LogP contribution in [0.25, 0.3) is 11.0 Å². The third-order valence-corrected chi connectivity index (χ3v) is 7.19. The molecule has 39 heavy (non-hydrogen) atoms. The third-order valence-electron chi connectivity index (χ3n) is 6.96. The van der Waals surface area contributed by atoms with Crippen molar-refractivity contribution in [2.24, 2.45) is 0 Å². The number of halogens is 1. The van der Waals surface area contributed by atoms with Gasteiger partial charge >= 0.3 is 0 Å². The molecule has 2 heterocycles. The summed E-state index contributed by atoms with van der Waals surface area (Å²) in [7, 11) is 3.17. The Bertz CT molecular complexity index is 1580. The summed E-state index contributed by atoms with van der Waals surface area (Å²) in [5.74, 6) is 1.66. The average Bonchev–Trinajstić information content (AvgIpc) is 3.23. The molecule has 0 bridgehead atoms. The summed E-state index contributed by atoms with van der Waals surface area (Å²) in [6.45, 7) is 3.04. The van der Waals surface area contributed by atoms with Gasteiger partial charge in [-0.05, 0) is 66.4 Å². The Morgan fingerprint density at radius 2 is 1.79 bits per heavy atom. The van der Waals surface area contributed by atoms with E-state index in [0.717, 1.165) is 24.0 Å². The summed E-state index contributed by atoms with van der Waals surface area (Å²) in [5, 5.41) is 0.767. The molecule has 1 aliphatic heterocycles. The number of ether oxygens (including phenoxy) is 3. The third kappa shape index (κ3) is 5.19. The second kappa shape index (κ2) is 11.4. The Kier molecular flexibility index (Phi) is 7.79. The first-order valence-electron chi connectivity index (χ1n) is 13.0. The molecule has 4 aromatic rings. The largest absolute Gasteiger partial charge is 0.494 e. The molecular formula is C31H30ClNO6. The molecule has 0 aliphatic carbocycles. The van der Waals surface area contributed by atoms with E-state index < -0.39 is 6.04 Å². The van der Waals surface area contributed by atoms with Crippen molar-refractivity contribution >= 4 is 28.5 Å². The monoisotopic (exact) mass is 547 g/mol. The van der Waals surface area contributed by atoms with E-state index in [9.17, 15) is 9.59 Å². The van der Waals surface area contributed by atoms with Gasteiger partial charge in [-0.25, -0.2) is 0 Å². The number of carbonyl (C=O) groups is 1. The zero-order valence-electron chi connectivity index (χ0n) is 22.2. The second-order valence-corrected chi connectivity index (χ2v) is 9.87. The van der Waals surface area contributed by atoms with Gasteiger partial charge in [-0.3, -0.25) is 9.59 Å². The van der Waals surface area contributed by atoms with Crippen molar-refractivity contribution in [1.29, 1.82) is 0 Å². The Morgan fingerprint density at radius 1 is 0.974 bits per heavy atom. The number of fused-ring (bicyclic) bond motifs is 2. The van der Waals surface area contributed by atoms with E-state index in [0.29, 0.717) is 58.4 Å². The number of methoxy groups -OCH3 is 2. The van der Waals surface area contributed by atoms with Gasteiger partial charge in [0.05, 0.1) is 37.8 Å². The lowest BCUT2D eigenvalue weighted by atomic mass is 9.98. The maximum absolute atomic E-state index is 13.8. The highest BCUT2D eigenvalue weighted by atomic mass is 35.5. The Labute approximate surface area is 231 Å². The first kappa shape index (κ1) is 26.6. The minimum absolute atomic E-state index is 0.0597. The van der Waals surface area contributed by atoms with Crippen molar-refractivity contribution in [3.63, 3.8) is 0 Å². The second-order valence-electron chi connectivity index (χ2n) is 9.43. The summed E-state index contributed by atoms with van der Waals surface area (Å²) in [4.78, 5) is 29.3. The minimum atomic E-state index is -0.637. The first-order valence-corrected chi connectivity index (χ1v) is 13.3. The maximum Gasteiger partial charge on any atom is 0.290 e. The van der Waals surface area contributed by atoms with E-state index in [4.69, 9.17) is 30.2 Å². The van der Waals surface area contributed by atoms with Crippen molar-refractivity contribution in [2.75, 3.05) is 27.4 Å². The molecule has 1 amide bonds. The van der Waals surface area contributed by atoms with Gasteiger partial charge in [0.1, 0.15) is 11.3 Å². The van der Waals surface area contributed by atoms with Crippen molar-refractivity contribution in [2.45, 2.75) is 32.2 Å². The number of nitrogens with zero attached hydrogens (tertiary/aromatic N) is 1. The summed E-state index contributed by atoms with van der Waals surface area (Å²) in [5.41, 5.74) is 2.11. The van der Waals surface area contributed by atoms with Gasteiger partial charge in [-0.2, -0.15) is 0 Å². The molecular weight excluding hydrogens is 518 g/mol. The number of benzene rings is 3. The normalized spacial score (nSPS) is 14.5. The molecule has 1 aromatic heterocycles. The van der Waals surface area contributed by atoms with Crippen LogP contribution in [0.15, 0.2) is 69.9 Å². The Hall–Kier alpha value is -3.97. The quantitative estimate of drug-likeness (QED) is 0.213. The number of rotatable bonds is 10. The highest BCUT2D eigenvalue weighted by molar-refractivity contribution is 6.31. The van der Waals surface area contributed by atoms with Crippen LogP contribution in [0.3, 0.4) is 0 Å². The van der Waals surface area contributed by atoms with Crippen molar-refractivity contribution in [1.82, 2.24) is 4.90 Å². The molecule has 202 valence electrons. The molecule has 1 atom stereocenters. The van der Waals surface area contributed by atoms with E-state index in [1.165, 1.54) is 0 Å². The molecule has 7 nitrogen and oxygen atoms in total. The zero-order valence-corrected chi connectivity index (χ0v) is 22.9. The standard InChI is InChI=1S/C31H30ClNO6/c1-4-5-15-38-22-8-6-7-20(17-22)28-27-29(34)23-18-21(32)10-12-24(23)39-30(27)31(35)33(28)14-13-19-9-11-25(36-2)26(16-19)37-3/h6-12,16-18,28H,4-5,13-15H2,1-3H3. The maximum atomic E-state index is 13.8. The van der Waals surface area contributed by atoms with Crippen LogP contribution < -0.4 is 19.6 Å². The van der Waals surface area contributed by atoms with Crippen molar-refractivity contribution < 1.29 is 23.4 Å². The van der Waals surface area contributed by atoms with Crippen LogP contribution in [0.1, 0.15) is 53.1 Å². The summed E-state index contributed by atoms with van der Waals surface area (Å²) in [6.07, 6.45) is 2.48. The number of hydrogen-bond acceptors (Lipinski definition) is 6.